The first kappa shape index (κ1) is 18.1. The Morgan fingerprint density at radius 1 is 1.04 bits per heavy atom. The highest BCUT2D eigenvalue weighted by molar-refractivity contribution is 5.93. The molecule has 2 rings (SSSR count). The quantitative estimate of drug-likeness (QED) is 0.866. The molecule has 0 bridgehead atoms. The molecule has 0 spiro atoms. The minimum absolute atomic E-state index is 0.0000841. The predicted octanol–water partition coefficient (Wildman–Crippen LogP) is 4.93. The molecule has 2 aromatic carbocycles. The van der Waals surface area contributed by atoms with Crippen LogP contribution in [0.1, 0.15) is 43.0 Å². The second-order valence-electron chi connectivity index (χ2n) is 7.35. The molecule has 0 unspecified atom stereocenters. The van der Waals surface area contributed by atoms with Crippen LogP contribution in [0.25, 0.3) is 0 Å². The topological polar surface area (TPSA) is 38.3 Å². The highest BCUT2D eigenvalue weighted by Gasteiger charge is 2.20. The zero-order valence-corrected chi connectivity index (χ0v) is 15.5. The average Bonchev–Trinajstić information content (AvgIpc) is 2.49. The molecular formula is C21H27NO2. The van der Waals surface area contributed by atoms with E-state index in [0.717, 1.165) is 28.1 Å². The summed E-state index contributed by atoms with van der Waals surface area (Å²) in [5.41, 5.74) is 5.23. The first-order chi connectivity index (χ1) is 11.2. The number of benzene rings is 2. The summed E-state index contributed by atoms with van der Waals surface area (Å²) in [4.78, 5) is 12.3. The summed E-state index contributed by atoms with van der Waals surface area (Å²) in [6, 6.07) is 12.0. The van der Waals surface area contributed by atoms with E-state index in [0.29, 0.717) is 0 Å². The van der Waals surface area contributed by atoms with Crippen LogP contribution in [0.15, 0.2) is 36.4 Å². The second kappa shape index (κ2) is 7.08. The lowest BCUT2D eigenvalue weighted by atomic mass is 9.85. The molecule has 0 aliphatic rings. The number of aryl methyl sites for hydroxylation is 3. The van der Waals surface area contributed by atoms with Gasteiger partial charge in [0.1, 0.15) is 5.75 Å². The summed E-state index contributed by atoms with van der Waals surface area (Å²) < 4.78 is 5.82. The molecule has 3 nitrogen and oxygen atoms in total. The van der Waals surface area contributed by atoms with Crippen LogP contribution in [0.4, 0.5) is 5.69 Å². The van der Waals surface area contributed by atoms with E-state index in [1.165, 1.54) is 5.56 Å². The number of para-hydroxylation sites is 1. The van der Waals surface area contributed by atoms with E-state index in [-0.39, 0.29) is 17.9 Å². The van der Waals surface area contributed by atoms with Crippen LogP contribution in [-0.2, 0) is 10.2 Å². The normalized spacial score (nSPS) is 11.2. The maximum Gasteiger partial charge on any atom is 0.262 e. The first-order valence-corrected chi connectivity index (χ1v) is 8.28. The Morgan fingerprint density at radius 2 is 1.67 bits per heavy atom. The van der Waals surface area contributed by atoms with Gasteiger partial charge >= 0.3 is 0 Å². The van der Waals surface area contributed by atoms with Crippen LogP contribution < -0.4 is 10.1 Å². The van der Waals surface area contributed by atoms with Gasteiger partial charge in [0.2, 0.25) is 0 Å². The lowest BCUT2D eigenvalue weighted by Crippen LogP contribution is -2.22. The van der Waals surface area contributed by atoms with Crippen LogP contribution >= 0.6 is 0 Å². The minimum Gasteiger partial charge on any atom is -0.483 e. The van der Waals surface area contributed by atoms with Crippen molar-refractivity contribution in [1.29, 1.82) is 0 Å². The number of anilines is 1. The van der Waals surface area contributed by atoms with Gasteiger partial charge in [-0.1, -0.05) is 56.7 Å². The predicted molar refractivity (Wildman–Crippen MR) is 99.9 cm³/mol. The van der Waals surface area contributed by atoms with E-state index in [1.54, 1.807) is 0 Å². The number of carbonyl (C=O) groups excluding carboxylic acids is 1. The maximum atomic E-state index is 12.3. The molecule has 0 saturated heterocycles. The molecule has 128 valence electrons. The van der Waals surface area contributed by atoms with Crippen molar-refractivity contribution < 1.29 is 9.53 Å². The fourth-order valence-electron chi connectivity index (χ4n) is 2.69. The Morgan fingerprint density at radius 3 is 2.25 bits per heavy atom. The third-order valence-electron chi connectivity index (χ3n) is 4.05. The monoisotopic (exact) mass is 325 g/mol. The Labute approximate surface area is 145 Å². The molecule has 0 aliphatic heterocycles. The van der Waals surface area contributed by atoms with E-state index in [1.807, 2.05) is 44.2 Å². The van der Waals surface area contributed by atoms with Crippen molar-refractivity contribution in [3.05, 3.63) is 58.7 Å². The summed E-state index contributed by atoms with van der Waals surface area (Å²) in [7, 11) is 0. The fraction of sp³-hybridized carbons (Fsp3) is 0.381. The SMILES string of the molecule is Cc1ccc(OCC(=O)Nc2c(C)cccc2C)c(C(C)(C)C)c1. The summed E-state index contributed by atoms with van der Waals surface area (Å²) >= 11 is 0. The van der Waals surface area contributed by atoms with Crippen molar-refractivity contribution in [1.82, 2.24) is 0 Å². The largest absolute Gasteiger partial charge is 0.483 e. The molecule has 0 radical (unpaired) electrons. The number of nitrogens with one attached hydrogen (secondary N) is 1. The Kier molecular flexibility index (Phi) is 5.33. The van der Waals surface area contributed by atoms with E-state index >= 15 is 0 Å². The highest BCUT2D eigenvalue weighted by Crippen LogP contribution is 2.32. The van der Waals surface area contributed by atoms with Crippen LogP contribution in [0.2, 0.25) is 0 Å². The van der Waals surface area contributed by atoms with Crippen molar-refractivity contribution in [3.8, 4) is 5.75 Å². The van der Waals surface area contributed by atoms with Crippen LogP contribution in [0.5, 0.6) is 5.75 Å². The number of ether oxygens (including phenoxy) is 1. The molecule has 3 heteroatoms. The zero-order chi connectivity index (χ0) is 17.9. The summed E-state index contributed by atoms with van der Waals surface area (Å²) in [6.07, 6.45) is 0. The van der Waals surface area contributed by atoms with Gasteiger partial charge in [-0.2, -0.15) is 0 Å². The molecular weight excluding hydrogens is 298 g/mol. The Balaban J connectivity index is 2.10. The van der Waals surface area contributed by atoms with Gasteiger partial charge < -0.3 is 10.1 Å². The van der Waals surface area contributed by atoms with Gasteiger partial charge in [-0.25, -0.2) is 0 Å². The van der Waals surface area contributed by atoms with Gasteiger partial charge in [-0.3, -0.25) is 4.79 Å². The highest BCUT2D eigenvalue weighted by atomic mass is 16.5. The zero-order valence-electron chi connectivity index (χ0n) is 15.5. The Bertz CT molecular complexity index is 722. The smallest absolute Gasteiger partial charge is 0.262 e. The van der Waals surface area contributed by atoms with E-state index in [2.05, 4.69) is 39.1 Å². The van der Waals surface area contributed by atoms with Crippen molar-refractivity contribution in [2.24, 2.45) is 0 Å². The standard InChI is InChI=1S/C21H27NO2/c1-14-10-11-18(17(12-14)21(4,5)6)24-13-19(23)22-20-15(2)8-7-9-16(20)3/h7-12H,13H2,1-6H3,(H,22,23). The molecule has 0 aromatic heterocycles. The molecule has 0 fully saturated rings. The molecule has 1 amide bonds. The third kappa shape index (κ3) is 4.38. The van der Waals surface area contributed by atoms with Gasteiger partial charge in [0.05, 0.1) is 0 Å². The summed E-state index contributed by atoms with van der Waals surface area (Å²) in [6.45, 7) is 12.5. The number of hydrogen-bond donors (Lipinski definition) is 1. The molecule has 0 aliphatic carbocycles. The van der Waals surface area contributed by atoms with Crippen LogP contribution in [-0.4, -0.2) is 12.5 Å². The van der Waals surface area contributed by atoms with Crippen molar-refractivity contribution >= 4 is 11.6 Å². The molecule has 0 atom stereocenters. The van der Waals surface area contributed by atoms with Crippen molar-refractivity contribution in [3.63, 3.8) is 0 Å². The average molecular weight is 325 g/mol. The fourth-order valence-corrected chi connectivity index (χ4v) is 2.69. The van der Waals surface area contributed by atoms with E-state index in [4.69, 9.17) is 4.74 Å². The van der Waals surface area contributed by atoms with Crippen molar-refractivity contribution in [2.45, 2.75) is 47.0 Å². The molecule has 0 saturated carbocycles. The van der Waals surface area contributed by atoms with Crippen LogP contribution in [0.3, 0.4) is 0 Å². The summed E-state index contributed by atoms with van der Waals surface area (Å²) in [5.74, 6) is 0.623. The lowest BCUT2D eigenvalue weighted by molar-refractivity contribution is -0.118. The molecule has 24 heavy (non-hydrogen) atoms. The first-order valence-electron chi connectivity index (χ1n) is 8.28. The number of hydrogen-bond acceptors (Lipinski definition) is 2. The van der Waals surface area contributed by atoms with Gasteiger partial charge in [0.15, 0.2) is 6.61 Å². The second-order valence-corrected chi connectivity index (χ2v) is 7.35. The van der Waals surface area contributed by atoms with Crippen molar-refractivity contribution in [2.75, 3.05) is 11.9 Å². The lowest BCUT2D eigenvalue weighted by Gasteiger charge is -2.23. The summed E-state index contributed by atoms with van der Waals surface area (Å²) in [5, 5.41) is 2.95. The number of carbonyl (C=O) groups is 1. The number of rotatable bonds is 4. The van der Waals surface area contributed by atoms with E-state index < -0.39 is 0 Å². The molecule has 1 N–H and O–H groups in total. The molecule has 2 aromatic rings. The maximum absolute atomic E-state index is 12.3. The van der Waals surface area contributed by atoms with Gasteiger partial charge in [-0.15, -0.1) is 0 Å². The number of amides is 1. The minimum atomic E-state index is -0.146. The third-order valence-corrected chi connectivity index (χ3v) is 4.05. The van der Waals surface area contributed by atoms with Gasteiger partial charge in [-0.05, 0) is 48.9 Å². The Hall–Kier alpha value is -2.29. The van der Waals surface area contributed by atoms with Crippen LogP contribution in [0, 0.1) is 20.8 Å². The molecule has 0 heterocycles. The van der Waals surface area contributed by atoms with E-state index in [9.17, 15) is 4.79 Å². The van der Waals surface area contributed by atoms with Gasteiger partial charge in [0.25, 0.3) is 5.91 Å². The van der Waals surface area contributed by atoms with Gasteiger partial charge in [0, 0.05) is 5.69 Å².